The van der Waals surface area contributed by atoms with Crippen LogP contribution in [0.2, 0.25) is 0 Å². The van der Waals surface area contributed by atoms with Crippen LogP contribution in [0.4, 0.5) is 0 Å². The molecule has 72 valence electrons. The van der Waals surface area contributed by atoms with E-state index in [0.717, 1.165) is 12.8 Å². The van der Waals surface area contributed by atoms with Gasteiger partial charge in [-0.25, -0.2) is 0 Å². The van der Waals surface area contributed by atoms with Crippen molar-refractivity contribution in [1.82, 2.24) is 0 Å². The fourth-order valence-electron chi connectivity index (χ4n) is 0.632. The summed E-state index contributed by atoms with van der Waals surface area (Å²) in [5.74, 6) is -0.933. The van der Waals surface area contributed by atoms with Gasteiger partial charge in [0.15, 0.2) is 0 Å². The molecule has 0 saturated carbocycles. The molecule has 6 heteroatoms. The molecule has 0 heterocycles. The Morgan fingerprint density at radius 2 is 1.92 bits per heavy atom. The molecule has 5 nitrogen and oxygen atoms in total. The highest BCUT2D eigenvalue weighted by Crippen LogP contribution is 1.96. The SMILES string of the molecule is NCCCCC(N)C(=O)O.O.[MgH2]. The molecule has 0 saturated heterocycles. The highest BCUT2D eigenvalue weighted by atomic mass is 24.3. The second kappa shape index (κ2) is 11.1. The average molecular weight is 191 g/mol. The molecule has 0 amide bonds. The van der Waals surface area contributed by atoms with Gasteiger partial charge in [-0.3, -0.25) is 4.79 Å². The molecule has 1 unspecified atom stereocenters. The molecule has 12 heavy (non-hydrogen) atoms. The van der Waals surface area contributed by atoms with Crippen molar-refractivity contribution in [2.75, 3.05) is 6.54 Å². The zero-order valence-corrected chi connectivity index (χ0v) is 6.42. The molecule has 0 bridgehead atoms. The number of carboxylic acid groups (broad SMARTS) is 1. The number of nitrogens with two attached hydrogens (primary N) is 2. The molecule has 0 aliphatic rings. The number of rotatable bonds is 5. The molecule has 0 aromatic carbocycles. The molecular weight excluding hydrogens is 172 g/mol. The Hall–Kier alpha value is 0.116. The van der Waals surface area contributed by atoms with E-state index in [-0.39, 0.29) is 28.5 Å². The van der Waals surface area contributed by atoms with Gasteiger partial charge in [0.1, 0.15) is 6.04 Å². The van der Waals surface area contributed by atoms with Crippen LogP contribution in [0.5, 0.6) is 0 Å². The summed E-state index contributed by atoms with van der Waals surface area (Å²) < 4.78 is 0. The first-order chi connectivity index (χ1) is 4.68. The number of hydrogen-bond acceptors (Lipinski definition) is 3. The van der Waals surface area contributed by atoms with Gasteiger partial charge in [-0.1, -0.05) is 6.42 Å². The Morgan fingerprint density at radius 1 is 1.42 bits per heavy atom. The quantitative estimate of drug-likeness (QED) is 0.336. The smallest absolute Gasteiger partial charge is 0.320 e. The van der Waals surface area contributed by atoms with Gasteiger partial charge in [-0.15, -0.1) is 0 Å². The zero-order chi connectivity index (χ0) is 7.98. The number of aliphatic carboxylic acids is 1. The maximum absolute atomic E-state index is 10.1. The van der Waals surface area contributed by atoms with Crippen LogP contribution >= 0.6 is 0 Å². The van der Waals surface area contributed by atoms with Crippen LogP contribution in [0.1, 0.15) is 19.3 Å². The normalized spacial score (nSPS) is 10.8. The first kappa shape index (κ1) is 18.0. The van der Waals surface area contributed by atoms with Gasteiger partial charge in [0, 0.05) is 0 Å². The van der Waals surface area contributed by atoms with E-state index in [4.69, 9.17) is 16.6 Å². The third-order valence-corrected chi connectivity index (χ3v) is 1.29. The predicted molar refractivity (Wildman–Crippen MR) is 50.7 cm³/mol. The van der Waals surface area contributed by atoms with Crippen molar-refractivity contribution in [2.24, 2.45) is 11.5 Å². The summed E-state index contributed by atoms with van der Waals surface area (Å²) in [4.78, 5) is 10.1. The van der Waals surface area contributed by atoms with Gasteiger partial charge in [0.2, 0.25) is 0 Å². The summed E-state index contributed by atoms with van der Waals surface area (Å²) in [5.41, 5.74) is 10.4. The van der Waals surface area contributed by atoms with Crippen molar-refractivity contribution in [3.8, 4) is 0 Å². The lowest BCUT2D eigenvalue weighted by Crippen LogP contribution is -2.29. The van der Waals surface area contributed by atoms with Crippen molar-refractivity contribution in [3.63, 3.8) is 0 Å². The van der Waals surface area contributed by atoms with E-state index in [0.29, 0.717) is 13.0 Å². The van der Waals surface area contributed by atoms with E-state index in [9.17, 15) is 4.79 Å². The van der Waals surface area contributed by atoms with Gasteiger partial charge < -0.3 is 22.1 Å². The molecule has 0 radical (unpaired) electrons. The fraction of sp³-hybridized carbons (Fsp3) is 0.833. The first-order valence-electron chi connectivity index (χ1n) is 3.37. The standard InChI is InChI=1S/C6H14N2O2.Mg.H2O.2H/c7-4-2-1-3-5(8)6(9)10;;;;/h5H,1-4,7-8H2,(H,9,10);;1H2;;. The molecule has 0 aliphatic carbocycles. The van der Waals surface area contributed by atoms with E-state index in [1.54, 1.807) is 0 Å². The third-order valence-electron chi connectivity index (χ3n) is 1.29. The lowest BCUT2D eigenvalue weighted by Gasteiger charge is -2.03. The zero-order valence-electron chi connectivity index (χ0n) is 6.42. The third kappa shape index (κ3) is 10.1. The number of carbonyl (C=O) groups is 1. The number of hydrogen-bond donors (Lipinski definition) is 3. The van der Waals surface area contributed by atoms with Gasteiger partial charge >= 0.3 is 29.0 Å². The Balaban J connectivity index is -0.000000405. The fourth-order valence-corrected chi connectivity index (χ4v) is 0.632. The highest BCUT2D eigenvalue weighted by Gasteiger charge is 2.09. The number of unbranched alkanes of at least 4 members (excludes halogenated alkanes) is 1. The van der Waals surface area contributed by atoms with Crippen molar-refractivity contribution in [2.45, 2.75) is 25.3 Å². The van der Waals surface area contributed by atoms with E-state index in [1.807, 2.05) is 0 Å². The van der Waals surface area contributed by atoms with Crippen molar-refractivity contribution < 1.29 is 15.4 Å². The first-order valence-corrected chi connectivity index (χ1v) is 3.37. The summed E-state index contributed by atoms with van der Waals surface area (Å²) in [7, 11) is 0. The van der Waals surface area contributed by atoms with Crippen molar-refractivity contribution >= 4 is 29.0 Å². The number of carboxylic acids is 1. The van der Waals surface area contributed by atoms with Gasteiger partial charge in [-0.05, 0) is 19.4 Å². The molecule has 0 aromatic rings. The lowest BCUT2D eigenvalue weighted by atomic mass is 10.1. The monoisotopic (exact) mass is 190 g/mol. The minimum Gasteiger partial charge on any atom is -0.480 e. The molecular formula is C6H18MgN2O3. The van der Waals surface area contributed by atoms with Crippen molar-refractivity contribution in [1.29, 1.82) is 0 Å². The summed E-state index contributed by atoms with van der Waals surface area (Å²) in [5, 5.41) is 8.33. The minimum atomic E-state index is -0.933. The molecule has 0 spiro atoms. The van der Waals surface area contributed by atoms with Crippen LogP contribution in [-0.4, -0.2) is 52.2 Å². The Morgan fingerprint density at radius 3 is 2.25 bits per heavy atom. The summed E-state index contributed by atoms with van der Waals surface area (Å²) >= 11 is 0. The maximum atomic E-state index is 10.1. The molecule has 7 N–H and O–H groups in total. The van der Waals surface area contributed by atoms with Gasteiger partial charge in [0.25, 0.3) is 0 Å². The van der Waals surface area contributed by atoms with Gasteiger partial charge in [0.05, 0.1) is 0 Å². The molecule has 0 aromatic heterocycles. The average Bonchev–Trinajstić information content (AvgIpc) is 1.88. The predicted octanol–water partition coefficient (Wildman–Crippen LogP) is -2.21. The highest BCUT2D eigenvalue weighted by molar-refractivity contribution is 5.75. The van der Waals surface area contributed by atoms with Crippen molar-refractivity contribution in [3.05, 3.63) is 0 Å². The minimum absolute atomic E-state index is 0. The second-order valence-electron chi connectivity index (χ2n) is 2.23. The lowest BCUT2D eigenvalue weighted by molar-refractivity contribution is -0.138. The summed E-state index contributed by atoms with van der Waals surface area (Å²) in [6, 6.07) is -0.716. The molecule has 0 aliphatic heterocycles. The largest absolute Gasteiger partial charge is 0.480 e. The Bertz CT molecular complexity index is 113. The van der Waals surface area contributed by atoms with Crippen LogP contribution < -0.4 is 11.5 Å². The summed E-state index contributed by atoms with van der Waals surface area (Å²) in [6.07, 6.45) is 2.16. The topological polar surface area (TPSA) is 121 Å². The van der Waals surface area contributed by atoms with Crippen LogP contribution in [-0.2, 0) is 4.79 Å². The van der Waals surface area contributed by atoms with E-state index < -0.39 is 12.0 Å². The van der Waals surface area contributed by atoms with Crippen LogP contribution in [0.3, 0.4) is 0 Å². The van der Waals surface area contributed by atoms with Crippen LogP contribution in [0.15, 0.2) is 0 Å². The molecule has 1 atom stereocenters. The Kier molecular flexibility index (Phi) is 16.7. The second-order valence-corrected chi connectivity index (χ2v) is 2.23. The van der Waals surface area contributed by atoms with Gasteiger partial charge in [-0.2, -0.15) is 0 Å². The maximum Gasteiger partial charge on any atom is 0.320 e. The van der Waals surface area contributed by atoms with E-state index in [1.165, 1.54) is 0 Å². The Labute approximate surface area is 88.0 Å². The van der Waals surface area contributed by atoms with Crippen LogP contribution in [0.25, 0.3) is 0 Å². The van der Waals surface area contributed by atoms with Crippen LogP contribution in [0, 0.1) is 0 Å². The van der Waals surface area contributed by atoms with E-state index in [2.05, 4.69) is 0 Å². The summed E-state index contributed by atoms with van der Waals surface area (Å²) in [6.45, 7) is 0.604. The van der Waals surface area contributed by atoms with E-state index >= 15 is 0 Å². The molecule has 0 rings (SSSR count). The molecule has 0 fully saturated rings.